The highest BCUT2D eigenvalue weighted by atomic mass is 16.1. The smallest absolute Gasteiger partial charge is 0.211 e. The van der Waals surface area contributed by atoms with E-state index in [4.69, 9.17) is 0 Å². The molecule has 0 aromatic heterocycles. The molecule has 2 rings (SSSR count). The zero-order valence-electron chi connectivity index (χ0n) is 8.29. The molecule has 0 spiro atoms. The molecule has 14 heavy (non-hydrogen) atoms. The number of aryl methyl sites for hydroxylation is 1. The van der Waals surface area contributed by atoms with Crippen LogP contribution in [0.1, 0.15) is 30.9 Å². The normalized spacial score (nSPS) is 24.9. The zero-order valence-corrected chi connectivity index (χ0v) is 8.29. The highest BCUT2D eigenvalue weighted by Gasteiger charge is 2.31. The van der Waals surface area contributed by atoms with Crippen LogP contribution >= 0.6 is 0 Å². The Bertz CT molecular complexity index is 393. The summed E-state index contributed by atoms with van der Waals surface area (Å²) in [5.74, 6) is 0. The molecule has 0 radical (unpaired) electrons. The largest absolute Gasteiger partial charge is 0.235 e. The SMILES string of the molecule is CC1(N=C=O)CCCc2ccccc21. The standard InChI is InChI=1S/C12H13NO/c1-12(13-9-14)8-4-6-10-5-2-3-7-11(10)12/h2-3,5,7H,4,6,8H2,1H3. The van der Waals surface area contributed by atoms with Crippen molar-refractivity contribution < 1.29 is 4.79 Å². The molecule has 1 atom stereocenters. The molecule has 2 heteroatoms. The van der Waals surface area contributed by atoms with Crippen molar-refractivity contribution in [1.82, 2.24) is 0 Å². The number of hydrogen-bond acceptors (Lipinski definition) is 2. The summed E-state index contributed by atoms with van der Waals surface area (Å²) >= 11 is 0. The van der Waals surface area contributed by atoms with Gasteiger partial charge in [-0.25, -0.2) is 4.79 Å². The quantitative estimate of drug-likeness (QED) is 0.490. The molecule has 0 N–H and O–H groups in total. The Hall–Kier alpha value is -1.40. The molecule has 72 valence electrons. The second-order valence-electron chi connectivity index (χ2n) is 3.99. The first kappa shape index (κ1) is 9.17. The average Bonchev–Trinajstić information content (AvgIpc) is 2.19. The lowest BCUT2D eigenvalue weighted by Gasteiger charge is -2.30. The van der Waals surface area contributed by atoms with Gasteiger partial charge >= 0.3 is 0 Å². The van der Waals surface area contributed by atoms with Gasteiger partial charge in [-0.05, 0) is 37.3 Å². The maximum absolute atomic E-state index is 10.4. The van der Waals surface area contributed by atoms with Crippen molar-refractivity contribution in [1.29, 1.82) is 0 Å². The number of fused-ring (bicyclic) bond motifs is 1. The molecule has 1 aromatic rings. The van der Waals surface area contributed by atoms with Crippen LogP contribution in [-0.2, 0) is 16.8 Å². The minimum Gasteiger partial charge on any atom is -0.211 e. The van der Waals surface area contributed by atoms with Crippen molar-refractivity contribution in [3.63, 3.8) is 0 Å². The molecule has 2 nitrogen and oxygen atoms in total. The van der Waals surface area contributed by atoms with Crippen LogP contribution in [0.15, 0.2) is 29.3 Å². The molecule has 0 saturated heterocycles. The molecule has 0 saturated carbocycles. The van der Waals surface area contributed by atoms with Crippen LogP contribution in [0.4, 0.5) is 0 Å². The van der Waals surface area contributed by atoms with E-state index >= 15 is 0 Å². The van der Waals surface area contributed by atoms with E-state index < -0.39 is 0 Å². The Balaban J connectivity index is 2.54. The van der Waals surface area contributed by atoms with Crippen molar-refractivity contribution in [2.75, 3.05) is 0 Å². The molecule has 1 unspecified atom stereocenters. The molecule has 1 aliphatic carbocycles. The number of carbonyl (C=O) groups excluding carboxylic acids is 1. The van der Waals surface area contributed by atoms with Crippen LogP contribution in [-0.4, -0.2) is 6.08 Å². The molecule has 1 aromatic carbocycles. The van der Waals surface area contributed by atoms with Crippen molar-refractivity contribution in [3.8, 4) is 0 Å². The van der Waals surface area contributed by atoms with Gasteiger partial charge in [0, 0.05) is 0 Å². The second-order valence-corrected chi connectivity index (χ2v) is 3.99. The summed E-state index contributed by atoms with van der Waals surface area (Å²) in [5, 5.41) is 0. The first-order chi connectivity index (χ1) is 6.76. The van der Waals surface area contributed by atoms with Gasteiger partial charge in [0.1, 0.15) is 0 Å². The first-order valence-electron chi connectivity index (χ1n) is 4.94. The van der Waals surface area contributed by atoms with E-state index in [1.165, 1.54) is 11.1 Å². The van der Waals surface area contributed by atoms with Crippen LogP contribution < -0.4 is 0 Å². The lowest BCUT2D eigenvalue weighted by Crippen LogP contribution is -2.25. The van der Waals surface area contributed by atoms with Gasteiger partial charge in [-0.3, -0.25) is 0 Å². The third-order valence-corrected chi connectivity index (χ3v) is 3.00. The molecule has 0 aliphatic heterocycles. The van der Waals surface area contributed by atoms with Gasteiger partial charge in [0.25, 0.3) is 0 Å². The molecule has 0 fully saturated rings. The summed E-state index contributed by atoms with van der Waals surface area (Å²) in [7, 11) is 0. The summed E-state index contributed by atoms with van der Waals surface area (Å²) in [5.41, 5.74) is 2.17. The van der Waals surface area contributed by atoms with Crippen molar-refractivity contribution in [2.45, 2.75) is 31.7 Å². The number of nitrogens with zero attached hydrogens (tertiary/aromatic N) is 1. The Morgan fingerprint density at radius 2 is 2.21 bits per heavy atom. The van der Waals surface area contributed by atoms with Crippen LogP contribution in [0, 0.1) is 0 Å². The first-order valence-corrected chi connectivity index (χ1v) is 4.94. The lowest BCUT2D eigenvalue weighted by molar-refractivity contribution is 0.408. The topological polar surface area (TPSA) is 29.4 Å². The lowest BCUT2D eigenvalue weighted by atomic mass is 9.78. The number of aliphatic imine (C=N–C) groups is 1. The highest BCUT2D eigenvalue weighted by Crippen LogP contribution is 2.37. The zero-order chi connectivity index (χ0) is 10.0. The highest BCUT2D eigenvalue weighted by molar-refractivity contribution is 5.41. The third-order valence-electron chi connectivity index (χ3n) is 3.00. The van der Waals surface area contributed by atoms with Gasteiger partial charge in [-0.2, -0.15) is 4.99 Å². The Morgan fingerprint density at radius 3 is 3.00 bits per heavy atom. The molecule has 0 amide bonds. The molecular weight excluding hydrogens is 174 g/mol. The van der Waals surface area contributed by atoms with E-state index in [0.29, 0.717) is 0 Å². The van der Waals surface area contributed by atoms with Gasteiger partial charge < -0.3 is 0 Å². The van der Waals surface area contributed by atoms with Crippen LogP contribution in [0.5, 0.6) is 0 Å². The fourth-order valence-corrected chi connectivity index (χ4v) is 2.24. The summed E-state index contributed by atoms with van der Waals surface area (Å²) in [6.07, 6.45) is 4.83. The average molecular weight is 187 g/mol. The van der Waals surface area contributed by atoms with E-state index in [0.717, 1.165) is 19.3 Å². The molecule has 1 aliphatic rings. The fourth-order valence-electron chi connectivity index (χ4n) is 2.24. The second kappa shape index (κ2) is 3.39. The van der Waals surface area contributed by atoms with E-state index in [9.17, 15) is 4.79 Å². The maximum atomic E-state index is 10.4. The van der Waals surface area contributed by atoms with Gasteiger partial charge in [0.05, 0.1) is 5.54 Å². The number of benzene rings is 1. The van der Waals surface area contributed by atoms with E-state index in [1.807, 2.05) is 19.1 Å². The Labute approximate surface area is 83.7 Å². The fraction of sp³-hybridized carbons (Fsp3) is 0.417. The number of hydrogen-bond donors (Lipinski definition) is 0. The predicted octanol–water partition coefficient (Wildman–Crippen LogP) is 2.57. The predicted molar refractivity (Wildman–Crippen MR) is 54.9 cm³/mol. The molecular formula is C12H13NO. The van der Waals surface area contributed by atoms with E-state index in [1.54, 1.807) is 6.08 Å². The van der Waals surface area contributed by atoms with Crippen LogP contribution in [0.25, 0.3) is 0 Å². The van der Waals surface area contributed by atoms with E-state index in [-0.39, 0.29) is 5.54 Å². The van der Waals surface area contributed by atoms with Crippen LogP contribution in [0.2, 0.25) is 0 Å². The molecule has 0 bridgehead atoms. The van der Waals surface area contributed by atoms with Crippen molar-refractivity contribution in [2.24, 2.45) is 4.99 Å². The third kappa shape index (κ3) is 1.38. The summed E-state index contributed by atoms with van der Waals surface area (Å²) in [6, 6.07) is 8.22. The van der Waals surface area contributed by atoms with Gasteiger partial charge in [0.15, 0.2) is 0 Å². The minimum atomic E-state index is -0.337. The van der Waals surface area contributed by atoms with Crippen molar-refractivity contribution in [3.05, 3.63) is 35.4 Å². The van der Waals surface area contributed by atoms with Gasteiger partial charge in [-0.1, -0.05) is 24.3 Å². The van der Waals surface area contributed by atoms with Gasteiger partial charge in [-0.15, -0.1) is 0 Å². The number of rotatable bonds is 1. The molecule has 0 heterocycles. The Morgan fingerprint density at radius 1 is 1.43 bits per heavy atom. The summed E-state index contributed by atoms with van der Waals surface area (Å²) in [6.45, 7) is 2.01. The van der Waals surface area contributed by atoms with Crippen LogP contribution in [0.3, 0.4) is 0 Å². The monoisotopic (exact) mass is 187 g/mol. The van der Waals surface area contributed by atoms with E-state index in [2.05, 4.69) is 17.1 Å². The Kier molecular flexibility index (Phi) is 2.22. The summed E-state index contributed by atoms with van der Waals surface area (Å²) < 4.78 is 0. The maximum Gasteiger partial charge on any atom is 0.235 e. The summed E-state index contributed by atoms with van der Waals surface area (Å²) in [4.78, 5) is 14.3. The minimum absolute atomic E-state index is 0.337. The number of isocyanates is 1. The van der Waals surface area contributed by atoms with Gasteiger partial charge in [0.2, 0.25) is 6.08 Å². The van der Waals surface area contributed by atoms with Crippen molar-refractivity contribution >= 4 is 6.08 Å².